The van der Waals surface area contributed by atoms with Crippen molar-refractivity contribution >= 4 is 21.7 Å². The molecule has 0 aliphatic heterocycles. The number of nitrogens with zero attached hydrogens (tertiary/aromatic N) is 2. The van der Waals surface area contributed by atoms with Crippen molar-refractivity contribution in [2.24, 2.45) is 0 Å². The molecule has 0 fully saturated rings. The Kier molecular flexibility index (Phi) is 2.21. The number of aromatic nitrogens is 2. The summed E-state index contributed by atoms with van der Waals surface area (Å²) >= 11 is 3.26. The van der Waals surface area contributed by atoms with Crippen molar-refractivity contribution in [3.63, 3.8) is 0 Å². The van der Waals surface area contributed by atoms with Crippen LogP contribution >= 0.6 is 15.9 Å². The third-order valence-corrected chi connectivity index (χ3v) is 1.96. The Hall–Kier alpha value is -0.640. The summed E-state index contributed by atoms with van der Waals surface area (Å²) in [5.41, 5.74) is 1.08. The molecule has 0 amide bonds. The number of hydrogen-bond donors (Lipinski definition) is 1. The molecule has 1 aromatic heterocycles. The zero-order valence-electron chi connectivity index (χ0n) is 5.85. The molecule has 0 aliphatic rings. The predicted molar refractivity (Wildman–Crippen MR) is 44.0 cm³/mol. The summed E-state index contributed by atoms with van der Waals surface area (Å²) in [7, 11) is 1.82. The minimum atomic E-state index is 0.792. The normalized spacial score (nSPS) is 9.50. The molecule has 10 heavy (non-hydrogen) atoms. The van der Waals surface area contributed by atoms with Crippen LogP contribution in [0.25, 0.3) is 0 Å². The minimum absolute atomic E-state index is 0.792. The van der Waals surface area contributed by atoms with Crippen molar-refractivity contribution in [3.8, 4) is 0 Å². The molecule has 54 valence electrons. The Morgan fingerprint density at radius 3 is 2.70 bits per heavy atom. The minimum Gasteiger partial charge on any atom is -0.372 e. The van der Waals surface area contributed by atoms with Crippen LogP contribution in [0.4, 0.5) is 5.82 Å². The van der Waals surface area contributed by atoms with Gasteiger partial charge in [0.1, 0.15) is 10.4 Å². The van der Waals surface area contributed by atoms with Crippen molar-refractivity contribution in [2.75, 3.05) is 12.4 Å². The maximum absolute atomic E-state index is 3.85. The van der Waals surface area contributed by atoms with Crippen LogP contribution in [0.2, 0.25) is 0 Å². The fourth-order valence-corrected chi connectivity index (χ4v) is 0.786. The van der Waals surface area contributed by atoms with E-state index in [4.69, 9.17) is 0 Å². The van der Waals surface area contributed by atoms with Gasteiger partial charge in [0.25, 0.3) is 0 Å². The summed E-state index contributed by atoms with van der Waals surface area (Å²) in [6.45, 7) is 1.97. The molecule has 1 N–H and O–H groups in total. The van der Waals surface area contributed by atoms with Crippen LogP contribution in [-0.2, 0) is 0 Å². The quantitative estimate of drug-likeness (QED) is 0.751. The summed E-state index contributed by atoms with van der Waals surface area (Å²) in [6, 6.07) is 1.93. The molecule has 0 bridgehead atoms. The average molecular weight is 202 g/mol. The number of halogens is 1. The third kappa shape index (κ3) is 1.44. The third-order valence-electron chi connectivity index (χ3n) is 1.18. The molecule has 4 heteroatoms. The lowest BCUT2D eigenvalue weighted by atomic mass is 10.3. The zero-order chi connectivity index (χ0) is 7.56. The lowest BCUT2D eigenvalue weighted by Crippen LogP contribution is -1.95. The SMILES string of the molecule is CNc1cc(C)c(Br)nn1. The first kappa shape index (κ1) is 7.47. The monoisotopic (exact) mass is 201 g/mol. The van der Waals surface area contributed by atoms with Crippen LogP contribution in [0.3, 0.4) is 0 Å². The van der Waals surface area contributed by atoms with E-state index in [0.717, 1.165) is 16.0 Å². The van der Waals surface area contributed by atoms with Gasteiger partial charge in [-0.05, 0) is 34.5 Å². The first-order valence-corrected chi connectivity index (χ1v) is 3.71. The summed E-state index contributed by atoms with van der Waals surface area (Å²) in [4.78, 5) is 0. The van der Waals surface area contributed by atoms with Gasteiger partial charge in [0.2, 0.25) is 0 Å². The van der Waals surface area contributed by atoms with Crippen LogP contribution in [-0.4, -0.2) is 17.2 Å². The topological polar surface area (TPSA) is 37.8 Å². The number of rotatable bonds is 1. The van der Waals surface area contributed by atoms with Crippen LogP contribution in [0.15, 0.2) is 10.7 Å². The van der Waals surface area contributed by atoms with Crippen molar-refractivity contribution < 1.29 is 0 Å². The molecule has 0 aromatic carbocycles. The molecule has 0 radical (unpaired) electrons. The average Bonchev–Trinajstić information content (AvgIpc) is 1.95. The second kappa shape index (κ2) is 2.96. The van der Waals surface area contributed by atoms with E-state index in [1.807, 2.05) is 20.0 Å². The molecule has 0 saturated carbocycles. The maximum atomic E-state index is 3.85. The van der Waals surface area contributed by atoms with Gasteiger partial charge in [0.15, 0.2) is 0 Å². The van der Waals surface area contributed by atoms with E-state index in [0.29, 0.717) is 0 Å². The van der Waals surface area contributed by atoms with Gasteiger partial charge in [0.05, 0.1) is 0 Å². The first-order valence-electron chi connectivity index (χ1n) is 2.91. The van der Waals surface area contributed by atoms with E-state index in [1.54, 1.807) is 0 Å². The van der Waals surface area contributed by atoms with Gasteiger partial charge in [-0.3, -0.25) is 0 Å². The van der Waals surface area contributed by atoms with E-state index in [1.165, 1.54) is 0 Å². The van der Waals surface area contributed by atoms with Gasteiger partial charge in [0, 0.05) is 7.05 Å². The highest BCUT2D eigenvalue weighted by molar-refractivity contribution is 9.10. The number of aryl methyl sites for hydroxylation is 1. The molecule has 0 atom stereocenters. The Balaban J connectivity index is 3.04. The molecule has 0 unspecified atom stereocenters. The van der Waals surface area contributed by atoms with Crippen molar-refractivity contribution in [1.29, 1.82) is 0 Å². The van der Waals surface area contributed by atoms with Gasteiger partial charge >= 0.3 is 0 Å². The lowest BCUT2D eigenvalue weighted by molar-refractivity contribution is 0.988. The highest BCUT2D eigenvalue weighted by Gasteiger charge is 1.96. The van der Waals surface area contributed by atoms with Crippen molar-refractivity contribution in [2.45, 2.75) is 6.92 Å². The molecule has 3 nitrogen and oxygen atoms in total. The molecular weight excluding hydrogens is 194 g/mol. The van der Waals surface area contributed by atoms with Crippen LogP contribution in [0, 0.1) is 6.92 Å². The summed E-state index contributed by atoms with van der Waals surface area (Å²) in [5.74, 6) is 0.792. The van der Waals surface area contributed by atoms with E-state index in [2.05, 4.69) is 31.4 Å². The van der Waals surface area contributed by atoms with Gasteiger partial charge in [-0.1, -0.05) is 0 Å². The van der Waals surface area contributed by atoms with Crippen molar-refractivity contribution in [1.82, 2.24) is 10.2 Å². The highest BCUT2D eigenvalue weighted by atomic mass is 79.9. The lowest BCUT2D eigenvalue weighted by Gasteiger charge is -1.98. The Bertz CT molecular complexity index is 236. The van der Waals surface area contributed by atoms with Gasteiger partial charge in [-0.2, -0.15) is 0 Å². The molecular formula is C6H8BrN3. The summed E-state index contributed by atoms with van der Waals surface area (Å²) in [6.07, 6.45) is 0. The van der Waals surface area contributed by atoms with E-state index >= 15 is 0 Å². The van der Waals surface area contributed by atoms with Gasteiger partial charge < -0.3 is 5.32 Å². The maximum Gasteiger partial charge on any atom is 0.148 e. The van der Waals surface area contributed by atoms with E-state index in [9.17, 15) is 0 Å². The summed E-state index contributed by atoms with van der Waals surface area (Å²) < 4.78 is 0.798. The molecule has 0 aliphatic carbocycles. The number of hydrogen-bond acceptors (Lipinski definition) is 3. The van der Waals surface area contributed by atoms with E-state index < -0.39 is 0 Å². The zero-order valence-corrected chi connectivity index (χ0v) is 7.44. The Morgan fingerprint density at radius 2 is 2.20 bits per heavy atom. The predicted octanol–water partition coefficient (Wildman–Crippen LogP) is 1.59. The molecule has 0 saturated heterocycles. The van der Waals surface area contributed by atoms with Gasteiger partial charge in [-0.15, -0.1) is 10.2 Å². The van der Waals surface area contributed by atoms with E-state index in [-0.39, 0.29) is 0 Å². The first-order chi connectivity index (χ1) is 4.74. The molecule has 1 rings (SSSR count). The fourth-order valence-electron chi connectivity index (χ4n) is 0.592. The second-order valence-corrected chi connectivity index (χ2v) is 2.70. The van der Waals surface area contributed by atoms with Crippen molar-refractivity contribution in [3.05, 3.63) is 16.2 Å². The van der Waals surface area contributed by atoms with Crippen LogP contribution in [0.5, 0.6) is 0 Å². The van der Waals surface area contributed by atoms with Gasteiger partial charge in [-0.25, -0.2) is 0 Å². The Labute approximate surface area is 68.0 Å². The molecule has 1 aromatic rings. The second-order valence-electron chi connectivity index (χ2n) is 1.95. The largest absolute Gasteiger partial charge is 0.372 e. The standard InChI is InChI=1S/C6H8BrN3/c1-4-3-5(8-2)9-10-6(4)7/h3H,1-2H3,(H,8,9). The summed E-state index contributed by atoms with van der Waals surface area (Å²) in [5, 5.41) is 10.6. The highest BCUT2D eigenvalue weighted by Crippen LogP contribution is 2.13. The number of nitrogens with one attached hydrogen (secondary N) is 1. The van der Waals surface area contributed by atoms with Crippen LogP contribution in [0.1, 0.15) is 5.56 Å². The molecule has 0 spiro atoms. The fraction of sp³-hybridized carbons (Fsp3) is 0.333. The smallest absolute Gasteiger partial charge is 0.148 e. The number of anilines is 1. The Morgan fingerprint density at radius 1 is 1.50 bits per heavy atom. The molecule has 1 heterocycles. The van der Waals surface area contributed by atoms with Crippen LogP contribution < -0.4 is 5.32 Å².